The molecule has 0 bridgehead atoms. The fraction of sp³-hybridized carbons (Fsp3) is 0.531. The zero-order valence-corrected chi connectivity index (χ0v) is 26.6. The van der Waals surface area contributed by atoms with Crippen LogP contribution in [-0.4, -0.2) is 83.4 Å². The summed E-state index contributed by atoms with van der Waals surface area (Å²) in [4.78, 5) is 43.8. The number of aliphatic hydroxyl groups is 1. The van der Waals surface area contributed by atoms with E-state index in [0.29, 0.717) is 29.5 Å². The quantitative estimate of drug-likeness (QED) is 0.279. The van der Waals surface area contributed by atoms with Crippen molar-refractivity contribution >= 4 is 23.5 Å². The number of aryl methyl sites for hydroxylation is 1. The molecule has 0 aliphatic carbocycles. The minimum Gasteiger partial charge on any atom is -0.491 e. The molecule has 9 nitrogen and oxygen atoms in total. The van der Waals surface area contributed by atoms with Gasteiger partial charge in [0.15, 0.2) is 0 Å². The van der Waals surface area contributed by atoms with Crippen LogP contribution < -0.4 is 15.0 Å². The van der Waals surface area contributed by atoms with Crippen molar-refractivity contribution in [2.24, 2.45) is 0 Å². The van der Waals surface area contributed by atoms with E-state index in [9.17, 15) is 45.8 Å². The van der Waals surface area contributed by atoms with Gasteiger partial charge in [-0.2, -0.15) is 26.3 Å². The van der Waals surface area contributed by atoms with E-state index in [0.717, 1.165) is 17.0 Å². The third-order valence-electron chi connectivity index (χ3n) is 8.50. The number of anilines is 1. The van der Waals surface area contributed by atoms with Crippen LogP contribution in [0.5, 0.6) is 5.75 Å². The Morgan fingerprint density at radius 3 is 2.19 bits per heavy atom. The maximum Gasteiger partial charge on any atom is 0.430 e. The minimum atomic E-state index is -6.01. The first-order valence-electron chi connectivity index (χ1n) is 15.2. The number of imide groups is 1. The second-order valence-electron chi connectivity index (χ2n) is 12.3. The molecule has 4 amide bonds. The number of benzene rings is 2. The van der Waals surface area contributed by atoms with Crippen LogP contribution in [0.1, 0.15) is 57.7 Å². The first-order chi connectivity index (χ1) is 21.7. The number of rotatable bonds is 9. The molecule has 4 rings (SSSR count). The smallest absolute Gasteiger partial charge is 0.430 e. The van der Waals surface area contributed by atoms with Gasteiger partial charge in [-0.3, -0.25) is 14.5 Å². The molecular weight excluding hydrogens is 634 g/mol. The average molecular weight is 673 g/mol. The van der Waals surface area contributed by atoms with Gasteiger partial charge in [-0.1, -0.05) is 37.6 Å². The van der Waals surface area contributed by atoms with E-state index in [-0.39, 0.29) is 37.7 Å². The lowest BCUT2D eigenvalue weighted by Gasteiger charge is -2.42. The molecule has 2 fully saturated rings. The summed E-state index contributed by atoms with van der Waals surface area (Å²) >= 11 is 0. The van der Waals surface area contributed by atoms with Crippen LogP contribution in [0.15, 0.2) is 42.5 Å². The van der Waals surface area contributed by atoms with Gasteiger partial charge in [0.25, 0.3) is 11.5 Å². The van der Waals surface area contributed by atoms with Crippen molar-refractivity contribution in [2.75, 3.05) is 31.1 Å². The number of carbonyl (C=O) groups excluding carboxylic acids is 3. The topological polar surface area (TPSA) is 102 Å². The monoisotopic (exact) mass is 672 g/mol. The summed E-state index contributed by atoms with van der Waals surface area (Å²) in [7, 11) is 0. The number of alkyl halides is 6. The van der Waals surface area contributed by atoms with Gasteiger partial charge >= 0.3 is 18.4 Å². The van der Waals surface area contributed by atoms with E-state index in [1.54, 1.807) is 49.9 Å². The van der Waals surface area contributed by atoms with E-state index in [4.69, 9.17) is 4.74 Å². The van der Waals surface area contributed by atoms with Gasteiger partial charge < -0.3 is 25.0 Å². The van der Waals surface area contributed by atoms with Crippen molar-refractivity contribution in [1.29, 1.82) is 0 Å². The number of amides is 4. The number of nitrogens with zero attached hydrogens (tertiary/aromatic N) is 3. The lowest BCUT2D eigenvalue weighted by atomic mass is 9.89. The number of nitrogens with one attached hydrogen (secondary N) is 1. The normalized spacial score (nSPS) is 21.0. The summed E-state index contributed by atoms with van der Waals surface area (Å²) in [6.07, 6.45) is -11.5. The van der Waals surface area contributed by atoms with Crippen LogP contribution in [0.2, 0.25) is 0 Å². The molecule has 47 heavy (non-hydrogen) atoms. The van der Waals surface area contributed by atoms with Crippen LogP contribution in [0.3, 0.4) is 0 Å². The van der Waals surface area contributed by atoms with Crippen molar-refractivity contribution in [3.8, 4) is 5.75 Å². The zero-order valence-electron chi connectivity index (χ0n) is 26.6. The van der Waals surface area contributed by atoms with Crippen molar-refractivity contribution in [3.63, 3.8) is 0 Å². The van der Waals surface area contributed by atoms with Crippen molar-refractivity contribution in [1.82, 2.24) is 15.1 Å². The van der Waals surface area contributed by atoms with Gasteiger partial charge in [0.1, 0.15) is 17.8 Å². The van der Waals surface area contributed by atoms with Gasteiger partial charge in [0.05, 0.1) is 6.10 Å². The Kier molecular flexibility index (Phi) is 9.83. The van der Waals surface area contributed by atoms with Crippen LogP contribution in [-0.2, 0) is 27.1 Å². The first-order valence-corrected chi connectivity index (χ1v) is 15.2. The van der Waals surface area contributed by atoms with Gasteiger partial charge in [-0.05, 0) is 63.4 Å². The van der Waals surface area contributed by atoms with Crippen LogP contribution >= 0.6 is 0 Å². The number of ether oxygens (including phenoxy) is 1. The second kappa shape index (κ2) is 12.9. The Morgan fingerprint density at radius 2 is 1.66 bits per heavy atom. The molecule has 0 spiro atoms. The third-order valence-corrected chi connectivity index (χ3v) is 8.50. The standard InChI is InChI=1S/C32H38F6N4O5/c1-6-7-21-16-23(30(46,31(33,34)35)32(36,37)38)10-13-25(21)40-14-15-41(20(4)17-40)26(43)18-42-27(44)29(5,39-28(42)45)22-8-11-24(12-9-22)47-19(2)3/h8-13,16,19-20,46H,6-7,14-15,17-18H2,1-5H3,(H,39,45)/t20-,29?/m1/s1. The molecule has 2 atom stereocenters. The fourth-order valence-electron chi connectivity index (χ4n) is 6.02. The van der Waals surface area contributed by atoms with Gasteiger partial charge in [-0.25, -0.2) is 4.79 Å². The third kappa shape index (κ3) is 6.72. The highest BCUT2D eigenvalue weighted by Gasteiger charge is 2.71. The molecule has 258 valence electrons. The molecule has 1 unspecified atom stereocenters. The minimum absolute atomic E-state index is 0.0583. The predicted molar refractivity (Wildman–Crippen MR) is 160 cm³/mol. The molecule has 0 radical (unpaired) electrons. The summed E-state index contributed by atoms with van der Waals surface area (Å²) in [6.45, 7) is 8.65. The highest BCUT2D eigenvalue weighted by atomic mass is 19.4. The number of urea groups is 1. The molecule has 2 N–H and O–H groups in total. The average Bonchev–Trinajstić information content (AvgIpc) is 3.19. The highest BCUT2D eigenvalue weighted by Crippen LogP contribution is 2.50. The van der Waals surface area contributed by atoms with Gasteiger partial charge in [0, 0.05) is 36.9 Å². The molecule has 2 aliphatic heterocycles. The largest absolute Gasteiger partial charge is 0.491 e. The second-order valence-corrected chi connectivity index (χ2v) is 12.3. The zero-order chi connectivity index (χ0) is 35.1. The molecule has 2 saturated heterocycles. The molecular formula is C32H38F6N4O5. The number of hydrogen-bond acceptors (Lipinski definition) is 6. The fourth-order valence-corrected chi connectivity index (χ4v) is 6.02. The van der Waals surface area contributed by atoms with Crippen molar-refractivity contribution < 1.29 is 50.6 Å². The van der Waals surface area contributed by atoms with Crippen LogP contribution in [0.25, 0.3) is 0 Å². The number of halogens is 6. The van der Waals surface area contributed by atoms with Crippen LogP contribution in [0, 0.1) is 0 Å². The van der Waals surface area contributed by atoms with Crippen molar-refractivity contribution in [3.05, 3.63) is 59.2 Å². The molecule has 0 saturated carbocycles. The Hall–Kier alpha value is -4.01. The maximum atomic E-state index is 13.5. The predicted octanol–water partition coefficient (Wildman–Crippen LogP) is 5.24. The molecule has 15 heteroatoms. The van der Waals surface area contributed by atoms with Crippen LogP contribution in [0.4, 0.5) is 36.8 Å². The van der Waals surface area contributed by atoms with Gasteiger partial charge in [-0.15, -0.1) is 0 Å². The SMILES string of the molecule is CCCc1cc(C(O)(C(F)(F)F)C(F)(F)F)ccc1N1CCN(C(=O)CN2C(=O)NC(C)(c3ccc(OC(C)C)cc3)C2=O)[C@H](C)C1. The lowest BCUT2D eigenvalue weighted by molar-refractivity contribution is -0.376. The molecule has 2 aromatic rings. The number of piperazine rings is 1. The van der Waals surface area contributed by atoms with E-state index in [1.165, 1.54) is 4.90 Å². The molecule has 2 aliphatic rings. The van der Waals surface area contributed by atoms with Crippen molar-refractivity contribution in [2.45, 2.75) is 83.1 Å². The number of hydrogen-bond donors (Lipinski definition) is 2. The molecule has 2 heterocycles. The van der Waals surface area contributed by atoms with E-state index in [2.05, 4.69) is 5.32 Å². The maximum absolute atomic E-state index is 13.5. The van der Waals surface area contributed by atoms with E-state index >= 15 is 0 Å². The summed E-state index contributed by atoms with van der Waals surface area (Å²) in [5, 5.41) is 12.6. The van der Waals surface area contributed by atoms with E-state index in [1.807, 2.05) is 13.8 Å². The summed E-state index contributed by atoms with van der Waals surface area (Å²) < 4.78 is 86.8. The Labute approximate surface area is 268 Å². The Bertz CT molecular complexity index is 1480. The summed E-state index contributed by atoms with van der Waals surface area (Å²) in [5.74, 6) is -0.525. The summed E-state index contributed by atoms with van der Waals surface area (Å²) in [6, 6.07) is 7.95. The first kappa shape index (κ1) is 35.8. The summed E-state index contributed by atoms with van der Waals surface area (Å²) in [5.41, 5.74) is -6.71. The molecule has 2 aromatic carbocycles. The molecule has 0 aromatic heterocycles. The van der Waals surface area contributed by atoms with E-state index < -0.39 is 59.5 Å². The Balaban J connectivity index is 1.48. The number of carbonyl (C=O) groups is 3. The Morgan fingerprint density at radius 1 is 1.04 bits per heavy atom. The van der Waals surface area contributed by atoms with Gasteiger partial charge in [0.2, 0.25) is 5.91 Å². The lowest BCUT2D eigenvalue weighted by Crippen LogP contribution is -2.56. The highest BCUT2D eigenvalue weighted by molar-refractivity contribution is 6.09.